The Kier molecular flexibility index (Phi) is 6.09. The van der Waals surface area contributed by atoms with Gasteiger partial charge in [0.25, 0.3) is 0 Å². The number of hydrogen-bond donors (Lipinski definition) is 0. The van der Waals surface area contributed by atoms with Gasteiger partial charge >= 0.3 is 5.97 Å². The number of carbonyl (C=O) groups is 1. The van der Waals surface area contributed by atoms with Gasteiger partial charge in [0.05, 0.1) is 5.39 Å². The van der Waals surface area contributed by atoms with Gasteiger partial charge in [0, 0.05) is 25.0 Å². The summed E-state index contributed by atoms with van der Waals surface area (Å²) in [6.07, 6.45) is 1.55. The molecule has 0 unspecified atom stereocenters. The highest BCUT2D eigenvalue weighted by Gasteiger charge is 2.17. The van der Waals surface area contributed by atoms with Crippen molar-refractivity contribution in [1.29, 1.82) is 0 Å². The van der Waals surface area contributed by atoms with Crippen LogP contribution in [0.15, 0.2) is 23.1 Å². The normalized spacial score (nSPS) is 11.2. The first kappa shape index (κ1) is 18.1. The van der Waals surface area contributed by atoms with Gasteiger partial charge in [-0.05, 0) is 39.1 Å². The zero-order chi connectivity index (χ0) is 17.7. The van der Waals surface area contributed by atoms with E-state index in [1.54, 1.807) is 18.3 Å². The van der Waals surface area contributed by atoms with Crippen LogP contribution in [-0.4, -0.2) is 46.7 Å². The first-order valence-electron chi connectivity index (χ1n) is 8.42. The van der Waals surface area contributed by atoms with E-state index in [4.69, 9.17) is 4.74 Å². The Morgan fingerprint density at radius 3 is 2.58 bits per heavy atom. The highest BCUT2D eigenvalue weighted by atomic mass is 16.5. The minimum atomic E-state index is -0.572. The van der Waals surface area contributed by atoms with Crippen LogP contribution in [-0.2, 0) is 11.3 Å². The molecule has 2 heterocycles. The standard InChI is InChI=1S/C18H25N3O3/c1-5-20(6-2)10-11-24-18(23)15-12-21(7-3)17-14(16(15)22)9-8-13(4)19-17/h8-9,12H,5-7,10-11H2,1-4H3. The largest absolute Gasteiger partial charge is 0.461 e. The van der Waals surface area contributed by atoms with Gasteiger partial charge < -0.3 is 14.2 Å². The zero-order valence-electron chi connectivity index (χ0n) is 14.8. The van der Waals surface area contributed by atoms with Gasteiger partial charge in [0.2, 0.25) is 5.43 Å². The summed E-state index contributed by atoms with van der Waals surface area (Å²) in [6, 6.07) is 3.50. The molecule has 0 aromatic carbocycles. The zero-order valence-corrected chi connectivity index (χ0v) is 14.8. The van der Waals surface area contributed by atoms with Crippen molar-refractivity contribution in [2.24, 2.45) is 0 Å². The Bertz CT molecular complexity index is 779. The molecule has 2 rings (SSSR count). The Labute approximate surface area is 142 Å². The van der Waals surface area contributed by atoms with Gasteiger partial charge in [0.15, 0.2) is 0 Å². The third-order valence-electron chi connectivity index (χ3n) is 4.16. The fourth-order valence-corrected chi connectivity index (χ4v) is 2.63. The predicted octanol–water partition coefficient (Wildman–Crippen LogP) is 2.22. The molecule has 0 amide bonds. The second kappa shape index (κ2) is 8.06. The van der Waals surface area contributed by atoms with Crippen LogP contribution in [0.1, 0.15) is 36.8 Å². The van der Waals surface area contributed by atoms with E-state index < -0.39 is 5.97 Å². The number of hydrogen-bond acceptors (Lipinski definition) is 5. The predicted molar refractivity (Wildman–Crippen MR) is 94.5 cm³/mol. The van der Waals surface area contributed by atoms with Gasteiger partial charge in [0.1, 0.15) is 17.8 Å². The number of nitrogens with zero attached hydrogens (tertiary/aromatic N) is 3. The molecule has 0 fully saturated rings. The van der Waals surface area contributed by atoms with E-state index in [9.17, 15) is 9.59 Å². The molecule has 130 valence electrons. The van der Waals surface area contributed by atoms with Crippen molar-refractivity contribution in [3.05, 3.63) is 39.8 Å². The number of aryl methyl sites for hydroxylation is 2. The van der Waals surface area contributed by atoms with Crippen LogP contribution in [0.2, 0.25) is 0 Å². The molecule has 6 heteroatoms. The molecule has 0 atom stereocenters. The third kappa shape index (κ3) is 3.82. The molecule has 0 radical (unpaired) electrons. The second-order valence-corrected chi connectivity index (χ2v) is 5.64. The fraction of sp³-hybridized carbons (Fsp3) is 0.500. The first-order chi connectivity index (χ1) is 11.5. The van der Waals surface area contributed by atoms with Crippen LogP contribution in [0.5, 0.6) is 0 Å². The minimum Gasteiger partial charge on any atom is -0.461 e. The average molecular weight is 331 g/mol. The molecule has 0 saturated carbocycles. The molecule has 0 saturated heterocycles. The highest BCUT2D eigenvalue weighted by Crippen LogP contribution is 2.11. The van der Waals surface area contributed by atoms with Crippen LogP contribution in [0.4, 0.5) is 0 Å². The molecule has 24 heavy (non-hydrogen) atoms. The van der Waals surface area contributed by atoms with Crippen molar-refractivity contribution in [3.63, 3.8) is 0 Å². The summed E-state index contributed by atoms with van der Waals surface area (Å²) < 4.78 is 7.11. The van der Waals surface area contributed by atoms with E-state index in [0.717, 1.165) is 18.8 Å². The maximum Gasteiger partial charge on any atom is 0.343 e. The van der Waals surface area contributed by atoms with Gasteiger partial charge in [-0.1, -0.05) is 13.8 Å². The monoisotopic (exact) mass is 331 g/mol. The Morgan fingerprint density at radius 2 is 1.96 bits per heavy atom. The molecule has 0 aliphatic heterocycles. The van der Waals surface area contributed by atoms with Crippen molar-refractivity contribution in [2.75, 3.05) is 26.2 Å². The number of likely N-dealkylation sites (N-methyl/N-ethyl adjacent to an activating group) is 1. The number of esters is 1. The Hall–Kier alpha value is -2.21. The first-order valence-corrected chi connectivity index (χ1v) is 8.42. The highest BCUT2D eigenvalue weighted by molar-refractivity contribution is 5.93. The van der Waals surface area contributed by atoms with Crippen molar-refractivity contribution in [2.45, 2.75) is 34.2 Å². The maximum absolute atomic E-state index is 12.6. The number of aromatic nitrogens is 2. The van der Waals surface area contributed by atoms with E-state index in [1.807, 2.05) is 18.4 Å². The SMILES string of the molecule is CCN(CC)CCOC(=O)c1cn(CC)c2nc(C)ccc2c1=O. The van der Waals surface area contributed by atoms with E-state index in [0.29, 0.717) is 24.1 Å². The number of ether oxygens (including phenoxy) is 1. The molecule has 6 nitrogen and oxygen atoms in total. The van der Waals surface area contributed by atoms with E-state index in [2.05, 4.69) is 23.7 Å². The van der Waals surface area contributed by atoms with Gasteiger partial charge in [-0.25, -0.2) is 9.78 Å². The summed E-state index contributed by atoms with van der Waals surface area (Å²) in [7, 11) is 0. The van der Waals surface area contributed by atoms with Crippen molar-refractivity contribution < 1.29 is 9.53 Å². The third-order valence-corrected chi connectivity index (χ3v) is 4.16. The fourth-order valence-electron chi connectivity index (χ4n) is 2.63. The number of carbonyl (C=O) groups excluding carboxylic acids is 1. The topological polar surface area (TPSA) is 64.4 Å². The quantitative estimate of drug-likeness (QED) is 0.728. The van der Waals surface area contributed by atoms with Gasteiger partial charge in [-0.15, -0.1) is 0 Å². The van der Waals surface area contributed by atoms with Gasteiger partial charge in [-0.3, -0.25) is 4.79 Å². The molecule has 0 aliphatic rings. The summed E-state index contributed by atoms with van der Waals surface area (Å²) >= 11 is 0. The van der Waals surface area contributed by atoms with Crippen molar-refractivity contribution >= 4 is 17.0 Å². The summed E-state index contributed by atoms with van der Waals surface area (Å²) in [5, 5.41) is 0.445. The molecule has 0 spiro atoms. The van der Waals surface area contributed by atoms with Crippen LogP contribution < -0.4 is 5.43 Å². The van der Waals surface area contributed by atoms with E-state index in [1.165, 1.54) is 0 Å². The van der Waals surface area contributed by atoms with Crippen LogP contribution >= 0.6 is 0 Å². The van der Waals surface area contributed by atoms with Crippen molar-refractivity contribution in [3.8, 4) is 0 Å². The maximum atomic E-state index is 12.6. The number of fused-ring (bicyclic) bond motifs is 1. The number of rotatable bonds is 7. The van der Waals surface area contributed by atoms with Crippen LogP contribution in [0.25, 0.3) is 11.0 Å². The lowest BCUT2D eigenvalue weighted by atomic mass is 10.2. The average Bonchev–Trinajstić information content (AvgIpc) is 2.58. The lowest BCUT2D eigenvalue weighted by Crippen LogP contribution is -2.29. The molecular weight excluding hydrogens is 306 g/mol. The summed E-state index contributed by atoms with van der Waals surface area (Å²) in [5.41, 5.74) is 1.17. The lowest BCUT2D eigenvalue weighted by molar-refractivity contribution is 0.0464. The molecule has 2 aromatic rings. The van der Waals surface area contributed by atoms with Crippen LogP contribution in [0.3, 0.4) is 0 Å². The molecule has 0 aliphatic carbocycles. The number of pyridine rings is 2. The lowest BCUT2D eigenvalue weighted by Gasteiger charge is -2.17. The summed E-state index contributed by atoms with van der Waals surface area (Å²) in [6.45, 7) is 11.3. The summed E-state index contributed by atoms with van der Waals surface area (Å²) in [4.78, 5) is 31.5. The Balaban J connectivity index is 2.28. The van der Waals surface area contributed by atoms with Crippen molar-refractivity contribution in [1.82, 2.24) is 14.5 Å². The molecule has 0 bridgehead atoms. The molecular formula is C18H25N3O3. The Morgan fingerprint density at radius 1 is 1.25 bits per heavy atom. The van der Waals surface area contributed by atoms with Crippen LogP contribution in [0, 0.1) is 6.92 Å². The molecule has 0 N–H and O–H groups in total. The smallest absolute Gasteiger partial charge is 0.343 e. The molecule has 2 aromatic heterocycles. The van der Waals surface area contributed by atoms with E-state index >= 15 is 0 Å². The van der Waals surface area contributed by atoms with E-state index in [-0.39, 0.29) is 17.6 Å². The second-order valence-electron chi connectivity index (χ2n) is 5.64. The summed E-state index contributed by atoms with van der Waals surface area (Å²) in [5.74, 6) is -0.572. The minimum absolute atomic E-state index is 0.0644. The van der Waals surface area contributed by atoms with Gasteiger partial charge in [-0.2, -0.15) is 0 Å².